The molecule has 0 aliphatic heterocycles. The average molecular weight is 287 g/mol. The molecule has 0 aliphatic rings. The zero-order valence-electron chi connectivity index (χ0n) is 12.6. The Bertz CT molecular complexity index is 536. The summed E-state index contributed by atoms with van der Waals surface area (Å²) < 4.78 is 18.4. The average Bonchev–Trinajstić information content (AvgIpc) is 2.49. The third kappa shape index (κ3) is 5.10. The van der Waals surface area contributed by atoms with Crippen LogP contribution in [0.15, 0.2) is 48.5 Å². The lowest BCUT2D eigenvalue weighted by Gasteiger charge is -2.16. The minimum atomic E-state index is -0.193. The van der Waals surface area contributed by atoms with Crippen molar-refractivity contribution in [3.8, 4) is 5.75 Å². The maximum absolute atomic E-state index is 12.9. The lowest BCUT2D eigenvalue weighted by Crippen LogP contribution is -2.17. The normalized spacial score (nSPS) is 12.0. The molecule has 0 aromatic heterocycles. The van der Waals surface area contributed by atoms with Crippen LogP contribution >= 0.6 is 0 Å². The number of ether oxygens (including phenoxy) is 1. The van der Waals surface area contributed by atoms with Gasteiger partial charge in [0.2, 0.25) is 0 Å². The molecule has 3 heteroatoms. The second-order valence-electron chi connectivity index (χ2n) is 5.25. The molecule has 2 aromatic rings. The Hall–Kier alpha value is -2.03. The Morgan fingerprint density at radius 2 is 1.71 bits per heavy atom. The number of hydrogen-bond acceptors (Lipinski definition) is 2. The van der Waals surface area contributed by atoms with Gasteiger partial charge in [-0.05, 0) is 61.7 Å². The number of benzene rings is 2. The number of anilines is 1. The Morgan fingerprint density at radius 3 is 2.33 bits per heavy atom. The van der Waals surface area contributed by atoms with Gasteiger partial charge in [0.15, 0.2) is 0 Å². The predicted molar refractivity (Wildman–Crippen MR) is 85.4 cm³/mol. The van der Waals surface area contributed by atoms with Gasteiger partial charge < -0.3 is 10.1 Å². The van der Waals surface area contributed by atoms with Gasteiger partial charge in [-0.25, -0.2) is 4.39 Å². The summed E-state index contributed by atoms with van der Waals surface area (Å²) in [5.74, 6) is 0.704. The van der Waals surface area contributed by atoms with Crippen molar-refractivity contribution in [2.75, 3.05) is 11.9 Å². The van der Waals surface area contributed by atoms with Crippen LogP contribution in [0, 0.1) is 5.82 Å². The summed E-state index contributed by atoms with van der Waals surface area (Å²) in [7, 11) is 0. The first-order valence-corrected chi connectivity index (χ1v) is 7.41. The highest BCUT2D eigenvalue weighted by atomic mass is 19.1. The molecule has 21 heavy (non-hydrogen) atoms. The Kier molecular flexibility index (Phi) is 5.61. The Labute approximate surface area is 126 Å². The molecule has 1 unspecified atom stereocenters. The van der Waals surface area contributed by atoms with E-state index < -0.39 is 0 Å². The molecule has 0 heterocycles. The summed E-state index contributed by atoms with van der Waals surface area (Å²) in [6, 6.07) is 14.9. The first-order chi connectivity index (χ1) is 10.2. The van der Waals surface area contributed by atoms with Gasteiger partial charge in [-0.3, -0.25) is 0 Å². The van der Waals surface area contributed by atoms with E-state index in [0.29, 0.717) is 0 Å². The second kappa shape index (κ2) is 7.67. The SMILES string of the molecule is CCCOc1ccc(NC(C)Cc2ccc(F)cc2)cc1. The Morgan fingerprint density at radius 1 is 1.05 bits per heavy atom. The first kappa shape index (κ1) is 15.4. The zero-order chi connectivity index (χ0) is 15.1. The highest BCUT2D eigenvalue weighted by Crippen LogP contribution is 2.17. The van der Waals surface area contributed by atoms with E-state index in [1.54, 1.807) is 0 Å². The van der Waals surface area contributed by atoms with Crippen molar-refractivity contribution in [2.24, 2.45) is 0 Å². The fraction of sp³-hybridized carbons (Fsp3) is 0.333. The van der Waals surface area contributed by atoms with E-state index in [2.05, 4.69) is 19.2 Å². The van der Waals surface area contributed by atoms with Gasteiger partial charge >= 0.3 is 0 Å². The molecule has 0 saturated carbocycles. The van der Waals surface area contributed by atoms with Gasteiger partial charge in [0.25, 0.3) is 0 Å². The van der Waals surface area contributed by atoms with Gasteiger partial charge in [-0.1, -0.05) is 19.1 Å². The molecule has 0 amide bonds. The summed E-state index contributed by atoms with van der Waals surface area (Å²) in [6.07, 6.45) is 1.86. The van der Waals surface area contributed by atoms with Crippen LogP contribution in [0.25, 0.3) is 0 Å². The maximum Gasteiger partial charge on any atom is 0.123 e. The molecule has 0 spiro atoms. The van der Waals surface area contributed by atoms with E-state index in [9.17, 15) is 4.39 Å². The number of halogens is 1. The molecule has 2 aromatic carbocycles. The minimum absolute atomic E-state index is 0.193. The molecule has 2 nitrogen and oxygen atoms in total. The van der Waals surface area contributed by atoms with Crippen molar-refractivity contribution in [3.63, 3.8) is 0 Å². The van der Waals surface area contributed by atoms with Crippen LogP contribution in [0.3, 0.4) is 0 Å². The molecule has 112 valence electrons. The lowest BCUT2D eigenvalue weighted by molar-refractivity contribution is 0.317. The molecule has 0 fully saturated rings. The van der Waals surface area contributed by atoms with Gasteiger partial charge in [0.1, 0.15) is 11.6 Å². The number of nitrogens with one attached hydrogen (secondary N) is 1. The van der Waals surface area contributed by atoms with Crippen LogP contribution in [-0.4, -0.2) is 12.6 Å². The lowest BCUT2D eigenvalue weighted by atomic mass is 10.1. The van der Waals surface area contributed by atoms with E-state index in [0.717, 1.165) is 36.4 Å². The summed E-state index contributed by atoms with van der Waals surface area (Å²) in [6.45, 7) is 4.95. The van der Waals surface area contributed by atoms with Crippen LogP contribution in [0.5, 0.6) is 5.75 Å². The molecular weight excluding hydrogens is 265 g/mol. The van der Waals surface area contributed by atoms with Crippen molar-refractivity contribution in [2.45, 2.75) is 32.7 Å². The molecule has 0 saturated heterocycles. The van der Waals surface area contributed by atoms with Crippen molar-refractivity contribution < 1.29 is 9.13 Å². The monoisotopic (exact) mass is 287 g/mol. The van der Waals surface area contributed by atoms with Crippen molar-refractivity contribution >= 4 is 5.69 Å². The van der Waals surface area contributed by atoms with E-state index in [1.807, 2.05) is 36.4 Å². The maximum atomic E-state index is 12.9. The minimum Gasteiger partial charge on any atom is -0.494 e. The largest absolute Gasteiger partial charge is 0.494 e. The van der Waals surface area contributed by atoms with Crippen LogP contribution in [-0.2, 0) is 6.42 Å². The molecule has 1 atom stereocenters. The highest BCUT2D eigenvalue weighted by Gasteiger charge is 2.04. The third-order valence-corrected chi connectivity index (χ3v) is 3.20. The van der Waals surface area contributed by atoms with Crippen LogP contribution in [0.4, 0.5) is 10.1 Å². The van der Waals surface area contributed by atoms with Gasteiger partial charge in [0.05, 0.1) is 6.61 Å². The topological polar surface area (TPSA) is 21.3 Å². The molecular formula is C18H22FNO. The van der Waals surface area contributed by atoms with Crippen LogP contribution < -0.4 is 10.1 Å². The highest BCUT2D eigenvalue weighted by molar-refractivity contribution is 5.47. The van der Waals surface area contributed by atoms with E-state index in [1.165, 1.54) is 12.1 Å². The van der Waals surface area contributed by atoms with E-state index in [-0.39, 0.29) is 11.9 Å². The van der Waals surface area contributed by atoms with Gasteiger partial charge in [0, 0.05) is 11.7 Å². The summed E-state index contributed by atoms with van der Waals surface area (Å²) in [4.78, 5) is 0. The van der Waals surface area contributed by atoms with Crippen molar-refractivity contribution in [3.05, 3.63) is 59.9 Å². The van der Waals surface area contributed by atoms with Crippen LogP contribution in [0.1, 0.15) is 25.8 Å². The first-order valence-electron chi connectivity index (χ1n) is 7.41. The van der Waals surface area contributed by atoms with E-state index in [4.69, 9.17) is 4.74 Å². The predicted octanol–water partition coefficient (Wildman–Crippen LogP) is 4.66. The quantitative estimate of drug-likeness (QED) is 0.800. The summed E-state index contributed by atoms with van der Waals surface area (Å²) in [5.41, 5.74) is 2.19. The molecule has 0 aliphatic carbocycles. The van der Waals surface area contributed by atoms with E-state index >= 15 is 0 Å². The Balaban J connectivity index is 1.87. The summed E-state index contributed by atoms with van der Waals surface area (Å²) in [5, 5.41) is 3.44. The second-order valence-corrected chi connectivity index (χ2v) is 5.25. The number of hydrogen-bond donors (Lipinski definition) is 1. The fourth-order valence-electron chi connectivity index (χ4n) is 2.18. The van der Waals surface area contributed by atoms with Crippen molar-refractivity contribution in [1.82, 2.24) is 0 Å². The smallest absolute Gasteiger partial charge is 0.123 e. The standard InChI is InChI=1S/C18H22FNO/c1-3-12-21-18-10-8-17(9-11-18)20-14(2)13-15-4-6-16(19)7-5-15/h4-11,14,20H,3,12-13H2,1-2H3. The fourth-order valence-corrected chi connectivity index (χ4v) is 2.18. The van der Waals surface area contributed by atoms with Gasteiger partial charge in [-0.2, -0.15) is 0 Å². The summed E-state index contributed by atoms with van der Waals surface area (Å²) >= 11 is 0. The van der Waals surface area contributed by atoms with Gasteiger partial charge in [-0.15, -0.1) is 0 Å². The molecule has 0 bridgehead atoms. The zero-order valence-corrected chi connectivity index (χ0v) is 12.6. The third-order valence-electron chi connectivity index (χ3n) is 3.20. The number of rotatable bonds is 7. The molecule has 1 N–H and O–H groups in total. The van der Waals surface area contributed by atoms with Crippen LogP contribution in [0.2, 0.25) is 0 Å². The van der Waals surface area contributed by atoms with Crippen molar-refractivity contribution in [1.29, 1.82) is 0 Å². The molecule has 0 radical (unpaired) electrons. The molecule has 2 rings (SSSR count).